The molecule has 0 aliphatic heterocycles. The number of rotatable bonds is 7. The molecule has 0 aromatic heterocycles. The summed E-state index contributed by atoms with van der Waals surface area (Å²) in [6, 6.07) is 0. The van der Waals surface area contributed by atoms with Crippen molar-refractivity contribution < 1.29 is 19.1 Å². The van der Waals surface area contributed by atoms with E-state index in [9.17, 15) is 9.59 Å². The fourth-order valence-electron chi connectivity index (χ4n) is 7.06. The Morgan fingerprint density at radius 3 is 2.11 bits per heavy atom. The van der Waals surface area contributed by atoms with E-state index in [0.29, 0.717) is 29.7 Å². The monoisotopic (exact) mass is 386 g/mol. The molecular formula is C24H34O4. The summed E-state index contributed by atoms with van der Waals surface area (Å²) >= 11 is 0. The Balaban J connectivity index is 1.49. The lowest BCUT2D eigenvalue weighted by Gasteiger charge is -2.63. The van der Waals surface area contributed by atoms with E-state index in [1.165, 1.54) is 64.2 Å². The molecule has 0 N–H and O–H groups in total. The summed E-state index contributed by atoms with van der Waals surface area (Å²) in [6.45, 7) is 7.48. The SMILES string of the molecule is C=CC(=O)OCCC(=C)C(=O)OC1(C2CCCCC2)C2CC3CC(C2)CC1C3. The molecule has 0 radical (unpaired) electrons. The molecule has 5 aliphatic carbocycles. The topological polar surface area (TPSA) is 52.6 Å². The van der Waals surface area contributed by atoms with Crippen molar-refractivity contribution >= 4 is 11.9 Å². The van der Waals surface area contributed by atoms with Gasteiger partial charge in [0.25, 0.3) is 0 Å². The summed E-state index contributed by atoms with van der Waals surface area (Å²) in [6.07, 6.45) is 14.0. The number of carbonyl (C=O) groups is 2. The van der Waals surface area contributed by atoms with E-state index in [1.807, 2.05) is 0 Å². The first-order chi connectivity index (χ1) is 13.5. The van der Waals surface area contributed by atoms with Crippen LogP contribution in [0.4, 0.5) is 0 Å². The molecular weight excluding hydrogens is 352 g/mol. The van der Waals surface area contributed by atoms with Crippen LogP contribution in [0.3, 0.4) is 0 Å². The molecule has 0 atom stereocenters. The third-order valence-corrected chi connectivity index (χ3v) is 8.03. The van der Waals surface area contributed by atoms with Crippen LogP contribution in [0.1, 0.15) is 70.6 Å². The highest BCUT2D eigenvalue weighted by atomic mass is 16.6. The highest BCUT2D eigenvalue weighted by Crippen LogP contribution is 2.63. The van der Waals surface area contributed by atoms with Gasteiger partial charge in [-0.05, 0) is 74.5 Å². The third kappa shape index (κ3) is 3.55. The molecule has 0 unspecified atom stereocenters. The van der Waals surface area contributed by atoms with Crippen LogP contribution in [0.2, 0.25) is 0 Å². The lowest BCUT2D eigenvalue weighted by atomic mass is 9.46. The van der Waals surface area contributed by atoms with Gasteiger partial charge in [-0.3, -0.25) is 0 Å². The van der Waals surface area contributed by atoms with Crippen molar-refractivity contribution in [3.8, 4) is 0 Å². The number of hydrogen-bond donors (Lipinski definition) is 0. The first-order valence-electron chi connectivity index (χ1n) is 11.2. The predicted molar refractivity (Wildman–Crippen MR) is 107 cm³/mol. The molecule has 4 nitrogen and oxygen atoms in total. The average Bonchev–Trinajstić information content (AvgIpc) is 2.70. The standard InChI is InChI=1S/C24H34O4/c1-3-22(25)27-10-9-16(2)23(26)28-24(19-7-5-4-6-8-19)20-12-17-11-18(14-20)15-21(24)13-17/h3,17-21H,1-2,4-15H2. The molecule has 4 heteroatoms. The van der Waals surface area contributed by atoms with Gasteiger partial charge in [0.15, 0.2) is 0 Å². The molecule has 0 spiro atoms. The summed E-state index contributed by atoms with van der Waals surface area (Å²) in [5, 5.41) is 0. The summed E-state index contributed by atoms with van der Waals surface area (Å²) in [4.78, 5) is 24.3. The van der Waals surface area contributed by atoms with Crippen LogP contribution >= 0.6 is 0 Å². The molecule has 0 amide bonds. The second-order valence-electron chi connectivity index (χ2n) is 9.61. The highest BCUT2D eigenvalue weighted by Gasteiger charge is 2.62. The Hall–Kier alpha value is -1.58. The smallest absolute Gasteiger partial charge is 0.334 e. The maximum Gasteiger partial charge on any atom is 0.334 e. The van der Waals surface area contributed by atoms with E-state index >= 15 is 0 Å². The largest absolute Gasteiger partial charge is 0.462 e. The maximum absolute atomic E-state index is 13.0. The van der Waals surface area contributed by atoms with E-state index in [0.717, 1.165) is 17.9 Å². The number of ether oxygens (including phenoxy) is 2. The molecule has 0 aromatic rings. The minimum Gasteiger partial charge on any atom is -0.462 e. The van der Waals surface area contributed by atoms with Crippen LogP contribution in [0.25, 0.3) is 0 Å². The Morgan fingerprint density at radius 2 is 1.54 bits per heavy atom. The minimum absolute atomic E-state index is 0.145. The van der Waals surface area contributed by atoms with E-state index in [-0.39, 0.29) is 18.2 Å². The van der Waals surface area contributed by atoms with Crippen molar-refractivity contribution in [1.82, 2.24) is 0 Å². The average molecular weight is 387 g/mol. The van der Waals surface area contributed by atoms with Gasteiger partial charge in [0.05, 0.1) is 6.61 Å². The van der Waals surface area contributed by atoms with Gasteiger partial charge in [-0.25, -0.2) is 9.59 Å². The molecule has 0 aromatic carbocycles. The van der Waals surface area contributed by atoms with Crippen LogP contribution in [-0.4, -0.2) is 24.1 Å². The number of esters is 2. The molecule has 28 heavy (non-hydrogen) atoms. The normalized spacial score (nSPS) is 36.7. The van der Waals surface area contributed by atoms with Crippen molar-refractivity contribution in [3.05, 3.63) is 24.8 Å². The van der Waals surface area contributed by atoms with E-state index in [4.69, 9.17) is 9.47 Å². The molecule has 5 saturated carbocycles. The van der Waals surface area contributed by atoms with Gasteiger partial charge in [0.2, 0.25) is 0 Å². The highest BCUT2D eigenvalue weighted by molar-refractivity contribution is 5.88. The minimum atomic E-state index is -0.471. The molecule has 0 heterocycles. The first kappa shape index (κ1) is 19.7. The molecule has 4 bridgehead atoms. The second kappa shape index (κ2) is 8.04. The van der Waals surface area contributed by atoms with Gasteiger partial charge >= 0.3 is 11.9 Å². The Bertz CT molecular complexity index is 609. The van der Waals surface area contributed by atoms with Gasteiger partial charge in [0.1, 0.15) is 5.60 Å². The van der Waals surface area contributed by atoms with Gasteiger partial charge in [-0.2, -0.15) is 0 Å². The zero-order valence-electron chi connectivity index (χ0n) is 17.0. The number of carbonyl (C=O) groups excluding carboxylic acids is 2. The fourth-order valence-corrected chi connectivity index (χ4v) is 7.06. The Kier molecular flexibility index (Phi) is 5.66. The first-order valence-corrected chi connectivity index (χ1v) is 11.2. The van der Waals surface area contributed by atoms with Crippen LogP contribution in [0.15, 0.2) is 24.8 Å². The summed E-state index contributed by atoms with van der Waals surface area (Å²) < 4.78 is 11.5. The van der Waals surface area contributed by atoms with E-state index in [1.54, 1.807) is 0 Å². The van der Waals surface area contributed by atoms with Gasteiger partial charge in [-0.15, -0.1) is 0 Å². The van der Waals surface area contributed by atoms with Crippen LogP contribution in [0.5, 0.6) is 0 Å². The van der Waals surface area contributed by atoms with E-state index < -0.39 is 5.97 Å². The molecule has 0 saturated heterocycles. The summed E-state index contributed by atoms with van der Waals surface area (Å²) in [5.41, 5.74) is 0.145. The zero-order chi connectivity index (χ0) is 19.7. The predicted octanol–water partition coefficient (Wildman–Crippen LogP) is 4.98. The fraction of sp³-hybridized carbons (Fsp3) is 0.750. The van der Waals surface area contributed by atoms with Crippen LogP contribution < -0.4 is 0 Å². The van der Waals surface area contributed by atoms with Gasteiger partial charge in [0, 0.05) is 18.1 Å². The lowest BCUT2D eigenvalue weighted by molar-refractivity contribution is -0.229. The maximum atomic E-state index is 13.0. The van der Waals surface area contributed by atoms with Gasteiger partial charge in [-0.1, -0.05) is 32.4 Å². The van der Waals surface area contributed by atoms with Crippen molar-refractivity contribution in [2.24, 2.45) is 29.6 Å². The quantitative estimate of drug-likeness (QED) is 0.457. The molecule has 5 aliphatic rings. The van der Waals surface area contributed by atoms with E-state index in [2.05, 4.69) is 13.2 Å². The summed E-state index contributed by atoms with van der Waals surface area (Å²) in [7, 11) is 0. The number of hydrogen-bond acceptors (Lipinski definition) is 4. The third-order valence-electron chi connectivity index (χ3n) is 8.03. The molecule has 5 fully saturated rings. The van der Waals surface area contributed by atoms with Crippen LogP contribution in [-0.2, 0) is 19.1 Å². The van der Waals surface area contributed by atoms with Crippen molar-refractivity contribution in [2.45, 2.75) is 76.2 Å². The summed E-state index contributed by atoms with van der Waals surface area (Å²) in [5.74, 6) is 2.52. The Labute approximate surface area is 168 Å². The second-order valence-corrected chi connectivity index (χ2v) is 9.61. The molecule has 154 valence electrons. The lowest BCUT2D eigenvalue weighted by Crippen LogP contribution is -2.63. The zero-order valence-corrected chi connectivity index (χ0v) is 17.0. The van der Waals surface area contributed by atoms with Gasteiger partial charge < -0.3 is 9.47 Å². The molecule has 5 rings (SSSR count). The Morgan fingerprint density at radius 1 is 0.929 bits per heavy atom. The van der Waals surface area contributed by atoms with Crippen molar-refractivity contribution in [1.29, 1.82) is 0 Å². The van der Waals surface area contributed by atoms with Crippen molar-refractivity contribution in [3.63, 3.8) is 0 Å². The van der Waals surface area contributed by atoms with Crippen molar-refractivity contribution in [2.75, 3.05) is 6.61 Å². The van der Waals surface area contributed by atoms with Crippen LogP contribution in [0, 0.1) is 29.6 Å².